The minimum Gasteiger partial charge on any atom is -0.465 e. The van der Waals surface area contributed by atoms with Crippen molar-refractivity contribution in [2.75, 3.05) is 19.0 Å². The van der Waals surface area contributed by atoms with E-state index in [1.165, 1.54) is 25.3 Å². The zero-order chi connectivity index (χ0) is 13.7. The smallest absolute Gasteiger partial charge is 0.339 e. The highest BCUT2D eigenvalue weighted by Gasteiger charge is 2.15. The fraction of sp³-hybridized carbons (Fsp3) is 0.400. The van der Waals surface area contributed by atoms with E-state index in [2.05, 4.69) is 17.5 Å². The lowest BCUT2D eigenvalue weighted by Crippen LogP contribution is -2.17. The number of methoxy groups -OCH3 is 1. The van der Waals surface area contributed by atoms with Crippen LogP contribution in [0.15, 0.2) is 30.4 Å². The van der Waals surface area contributed by atoms with Gasteiger partial charge >= 0.3 is 5.97 Å². The molecule has 1 atom stereocenters. The molecule has 1 aromatic carbocycles. The highest BCUT2D eigenvalue weighted by atomic mass is 19.1. The number of esters is 1. The Bertz CT molecular complexity index is 485. The van der Waals surface area contributed by atoms with E-state index in [1.807, 2.05) is 0 Å². The highest BCUT2D eigenvalue weighted by molar-refractivity contribution is 5.95. The zero-order valence-corrected chi connectivity index (χ0v) is 11.0. The van der Waals surface area contributed by atoms with Crippen LogP contribution in [0, 0.1) is 11.7 Å². The number of allylic oxidation sites excluding steroid dienone is 2. The molecule has 0 saturated carbocycles. The minimum atomic E-state index is -0.453. The molecule has 1 aromatic rings. The number of ether oxygens (including phenoxy) is 1. The number of hydrogen-bond acceptors (Lipinski definition) is 3. The van der Waals surface area contributed by atoms with Crippen LogP contribution in [0.3, 0.4) is 0 Å². The van der Waals surface area contributed by atoms with Gasteiger partial charge in [0.2, 0.25) is 0 Å². The fourth-order valence-corrected chi connectivity index (χ4v) is 2.25. The molecule has 102 valence electrons. The number of anilines is 1. The van der Waals surface area contributed by atoms with Gasteiger partial charge in [-0.05, 0) is 43.4 Å². The Morgan fingerprint density at radius 2 is 2.32 bits per heavy atom. The van der Waals surface area contributed by atoms with Gasteiger partial charge in [-0.15, -0.1) is 0 Å². The van der Waals surface area contributed by atoms with Crippen LogP contribution in [0.5, 0.6) is 0 Å². The van der Waals surface area contributed by atoms with Crippen molar-refractivity contribution < 1.29 is 13.9 Å². The van der Waals surface area contributed by atoms with Crippen LogP contribution in [-0.2, 0) is 4.74 Å². The summed E-state index contributed by atoms with van der Waals surface area (Å²) in [6, 6.07) is 4.05. The second kappa shape index (κ2) is 6.36. The van der Waals surface area contributed by atoms with E-state index in [0.717, 1.165) is 25.8 Å². The predicted molar refractivity (Wildman–Crippen MR) is 72.7 cm³/mol. The van der Waals surface area contributed by atoms with Crippen molar-refractivity contribution in [3.05, 3.63) is 41.7 Å². The summed E-state index contributed by atoms with van der Waals surface area (Å²) < 4.78 is 18.0. The molecule has 1 aliphatic rings. The minimum absolute atomic E-state index is 0.362. The Hall–Kier alpha value is -1.84. The van der Waals surface area contributed by atoms with Crippen LogP contribution < -0.4 is 5.32 Å². The van der Waals surface area contributed by atoms with Gasteiger partial charge in [-0.3, -0.25) is 0 Å². The molecule has 0 heterocycles. The first-order chi connectivity index (χ1) is 9.20. The molecule has 2 rings (SSSR count). The van der Waals surface area contributed by atoms with Gasteiger partial charge in [-0.2, -0.15) is 0 Å². The number of nitrogens with one attached hydrogen (secondary N) is 1. The van der Waals surface area contributed by atoms with E-state index in [9.17, 15) is 9.18 Å². The lowest BCUT2D eigenvalue weighted by atomic mass is 9.94. The molecule has 0 fully saturated rings. The number of halogens is 1. The molecule has 0 amide bonds. The molecule has 3 nitrogen and oxygen atoms in total. The third-order valence-corrected chi connectivity index (χ3v) is 3.35. The van der Waals surface area contributed by atoms with E-state index in [4.69, 9.17) is 4.74 Å². The average molecular weight is 263 g/mol. The molecule has 19 heavy (non-hydrogen) atoms. The summed E-state index contributed by atoms with van der Waals surface area (Å²) >= 11 is 0. The van der Waals surface area contributed by atoms with Crippen molar-refractivity contribution in [3.8, 4) is 0 Å². The number of benzene rings is 1. The SMILES string of the molecule is COC(=O)c1ccc(F)cc1NCC1CC=CCC1. The molecule has 4 heteroatoms. The van der Waals surface area contributed by atoms with Crippen molar-refractivity contribution in [2.24, 2.45) is 5.92 Å². The number of carbonyl (C=O) groups is 1. The van der Waals surface area contributed by atoms with Crippen LogP contribution in [0.25, 0.3) is 0 Å². The third-order valence-electron chi connectivity index (χ3n) is 3.35. The topological polar surface area (TPSA) is 38.3 Å². The lowest BCUT2D eigenvalue weighted by molar-refractivity contribution is 0.0601. The van der Waals surface area contributed by atoms with Gasteiger partial charge in [0.25, 0.3) is 0 Å². The van der Waals surface area contributed by atoms with Crippen LogP contribution in [0.1, 0.15) is 29.6 Å². The van der Waals surface area contributed by atoms with Crippen molar-refractivity contribution >= 4 is 11.7 Å². The summed E-state index contributed by atoms with van der Waals surface area (Å²) in [7, 11) is 1.32. The maximum Gasteiger partial charge on any atom is 0.339 e. The van der Waals surface area contributed by atoms with E-state index in [1.54, 1.807) is 0 Å². The van der Waals surface area contributed by atoms with E-state index >= 15 is 0 Å². The van der Waals surface area contributed by atoms with E-state index in [0.29, 0.717) is 17.2 Å². The van der Waals surface area contributed by atoms with Gasteiger partial charge in [0.15, 0.2) is 0 Å². The summed E-state index contributed by atoms with van der Waals surface area (Å²) in [5.41, 5.74) is 0.872. The molecular weight excluding hydrogens is 245 g/mol. The average Bonchev–Trinajstić information content (AvgIpc) is 2.45. The quantitative estimate of drug-likeness (QED) is 0.668. The van der Waals surface area contributed by atoms with Crippen molar-refractivity contribution in [1.29, 1.82) is 0 Å². The Morgan fingerprint density at radius 1 is 1.47 bits per heavy atom. The first-order valence-electron chi connectivity index (χ1n) is 6.47. The Labute approximate surface area is 112 Å². The normalized spacial score (nSPS) is 18.1. The molecule has 0 aromatic heterocycles. The summed E-state index contributed by atoms with van der Waals surface area (Å²) in [6.07, 6.45) is 7.57. The Kier molecular flexibility index (Phi) is 4.55. The highest BCUT2D eigenvalue weighted by Crippen LogP contribution is 2.22. The monoisotopic (exact) mass is 263 g/mol. The number of rotatable bonds is 4. The molecule has 1 aliphatic carbocycles. The summed E-state index contributed by atoms with van der Waals surface area (Å²) in [4.78, 5) is 11.6. The van der Waals surface area contributed by atoms with Gasteiger partial charge in [0, 0.05) is 6.54 Å². The van der Waals surface area contributed by atoms with Gasteiger partial charge in [0.1, 0.15) is 5.82 Å². The summed E-state index contributed by atoms with van der Waals surface area (Å²) in [5, 5.41) is 3.16. The molecule has 0 saturated heterocycles. The molecule has 0 spiro atoms. The van der Waals surface area contributed by atoms with E-state index in [-0.39, 0.29) is 5.82 Å². The number of carbonyl (C=O) groups excluding carboxylic acids is 1. The molecule has 0 bridgehead atoms. The second-order valence-electron chi connectivity index (χ2n) is 4.71. The Balaban J connectivity index is 2.07. The maximum absolute atomic E-state index is 13.3. The molecular formula is C15H18FNO2. The summed E-state index contributed by atoms with van der Waals surface area (Å²) in [5.74, 6) is -0.288. The lowest BCUT2D eigenvalue weighted by Gasteiger charge is -2.19. The largest absolute Gasteiger partial charge is 0.465 e. The maximum atomic E-state index is 13.3. The number of hydrogen-bond donors (Lipinski definition) is 1. The van der Waals surface area contributed by atoms with Crippen molar-refractivity contribution in [1.82, 2.24) is 0 Å². The van der Waals surface area contributed by atoms with Gasteiger partial charge in [-0.1, -0.05) is 12.2 Å². The van der Waals surface area contributed by atoms with Crippen LogP contribution in [-0.4, -0.2) is 19.6 Å². The molecule has 0 aliphatic heterocycles. The van der Waals surface area contributed by atoms with Crippen LogP contribution in [0.2, 0.25) is 0 Å². The van der Waals surface area contributed by atoms with Crippen LogP contribution >= 0.6 is 0 Å². The Morgan fingerprint density at radius 3 is 3.00 bits per heavy atom. The standard InChI is InChI=1S/C15H18FNO2/c1-19-15(18)13-8-7-12(16)9-14(13)17-10-11-5-3-2-4-6-11/h2-3,7-9,11,17H,4-6,10H2,1H3. The van der Waals surface area contributed by atoms with Crippen molar-refractivity contribution in [2.45, 2.75) is 19.3 Å². The van der Waals surface area contributed by atoms with Crippen LogP contribution in [0.4, 0.5) is 10.1 Å². The zero-order valence-electron chi connectivity index (χ0n) is 11.0. The van der Waals surface area contributed by atoms with Gasteiger partial charge < -0.3 is 10.1 Å². The second-order valence-corrected chi connectivity index (χ2v) is 4.71. The molecule has 1 N–H and O–H groups in total. The third kappa shape index (κ3) is 3.56. The molecule has 0 radical (unpaired) electrons. The first-order valence-corrected chi connectivity index (χ1v) is 6.47. The fourth-order valence-electron chi connectivity index (χ4n) is 2.25. The molecule has 1 unspecified atom stereocenters. The van der Waals surface area contributed by atoms with Crippen molar-refractivity contribution in [3.63, 3.8) is 0 Å². The summed E-state index contributed by atoms with van der Waals surface area (Å²) in [6.45, 7) is 0.734. The first kappa shape index (κ1) is 13.6. The van der Waals surface area contributed by atoms with E-state index < -0.39 is 5.97 Å². The van der Waals surface area contributed by atoms with Gasteiger partial charge in [-0.25, -0.2) is 9.18 Å². The van der Waals surface area contributed by atoms with Gasteiger partial charge in [0.05, 0.1) is 18.4 Å². The predicted octanol–water partition coefficient (Wildman–Crippen LogP) is 3.38.